The van der Waals surface area contributed by atoms with Gasteiger partial charge < -0.3 is 19.9 Å². The van der Waals surface area contributed by atoms with Crippen molar-refractivity contribution in [3.8, 4) is 5.75 Å². The third kappa shape index (κ3) is 4.70. The summed E-state index contributed by atoms with van der Waals surface area (Å²) < 4.78 is 5.38. The van der Waals surface area contributed by atoms with Crippen molar-refractivity contribution in [2.45, 2.75) is 20.8 Å². The summed E-state index contributed by atoms with van der Waals surface area (Å²) >= 11 is 0. The molecule has 2 aromatic carbocycles. The van der Waals surface area contributed by atoms with Crippen LogP contribution in [0.2, 0.25) is 0 Å². The van der Waals surface area contributed by atoms with Gasteiger partial charge in [0, 0.05) is 43.5 Å². The van der Waals surface area contributed by atoms with E-state index in [1.54, 1.807) is 13.2 Å². The van der Waals surface area contributed by atoms with Crippen LogP contribution in [0.15, 0.2) is 42.5 Å². The van der Waals surface area contributed by atoms with E-state index < -0.39 is 0 Å². The van der Waals surface area contributed by atoms with Crippen molar-refractivity contribution in [2.75, 3.05) is 43.5 Å². The molecule has 0 bridgehead atoms. The number of nitrogens with one attached hydrogen (secondary N) is 1. The molecule has 0 radical (unpaired) electrons. The number of ether oxygens (including phenoxy) is 1. The van der Waals surface area contributed by atoms with E-state index >= 15 is 0 Å². The Bertz CT molecular complexity index is 869. The predicted octanol–water partition coefficient (Wildman–Crippen LogP) is 3.56. The second-order valence-electron chi connectivity index (χ2n) is 7.62. The first-order valence-electron chi connectivity index (χ1n) is 9.99. The third-order valence-electron chi connectivity index (χ3n) is 5.24. The molecule has 1 heterocycles. The van der Waals surface area contributed by atoms with Crippen molar-refractivity contribution < 1.29 is 14.3 Å². The lowest BCUT2D eigenvalue weighted by atomic mass is 10.1. The van der Waals surface area contributed by atoms with Gasteiger partial charge in [-0.3, -0.25) is 9.59 Å². The molecule has 0 unspecified atom stereocenters. The minimum Gasteiger partial charge on any atom is -0.496 e. The molecule has 3 rings (SSSR count). The summed E-state index contributed by atoms with van der Waals surface area (Å²) in [7, 11) is 1.57. The Morgan fingerprint density at radius 2 is 1.66 bits per heavy atom. The molecule has 2 aromatic rings. The van der Waals surface area contributed by atoms with Crippen LogP contribution < -0.4 is 15.0 Å². The number of hydrogen-bond donors (Lipinski definition) is 1. The molecule has 0 atom stereocenters. The van der Waals surface area contributed by atoms with E-state index in [2.05, 4.69) is 10.2 Å². The summed E-state index contributed by atoms with van der Waals surface area (Å²) in [5, 5.41) is 2.93. The van der Waals surface area contributed by atoms with Crippen molar-refractivity contribution in [1.29, 1.82) is 0 Å². The third-order valence-corrected chi connectivity index (χ3v) is 5.24. The van der Waals surface area contributed by atoms with E-state index in [4.69, 9.17) is 4.74 Å². The zero-order valence-electron chi connectivity index (χ0n) is 17.6. The molecule has 1 aliphatic rings. The van der Waals surface area contributed by atoms with Gasteiger partial charge in [0.1, 0.15) is 5.75 Å². The average Bonchev–Trinajstić information content (AvgIpc) is 2.73. The van der Waals surface area contributed by atoms with Gasteiger partial charge in [0.05, 0.1) is 12.7 Å². The smallest absolute Gasteiger partial charge is 0.259 e. The molecule has 0 aromatic heterocycles. The summed E-state index contributed by atoms with van der Waals surface area (Å²) in [6, 6.07) is 13.3. The highest BCUT2D eigenvalue weighted by molar-refractivity contribution is 6.06. The van der Waals surface area contributed by atoms with Crippen LogP contribution in [0, 0.1) is 12.8 Å². The Hall–Kier alpha value is -3.02. The number of nitrogens with zero attached hydrogens (tertiary/aromatic N) is 2. The quantitative estimate of drug-likeness (QED) is 0.841. The molecule has 1 aliphatic heterocycles. The number of methoxy groups -OCH3 is 1. The number of hydrogen-bond acceptors (Lipinski definition) is 4. The summed E-state index contributed by atoms with van der Waals surface area (Å²) in [6.45, 7) is 8.89. The molecule has 6 heteroatoms. The number of para-hydroxylation sites is 1. The number of anilines is 2. The fourth-order valence-electron chi connectivity index (χ4n) is 3.61. The van der Waals surface area contributed by atoms with Crippen molar-refractivity contribution in [3.05, 3.63) is 53.6 Å². The second kappa shape index (κ2) is 8.99. The first-order valence-corrected chi connectivity index (χ1v) is 9.99. The van der Waals surface area contributed by atoms with Crippen LogP contribution in [0.1, 0.15) is 29.8 Å². The molecule has 1 fully saturated rings. The first kappa shape index (κ1) is 20.7. The van der Waals surface area contributed by atoms with Gasteiger partial charge in [-0.25, -0.2) is 0 Å². The maximum absolute atomic E-state index is 12.6. The molecule has 154 valence electrons. The lowest BCUT2D eigenvalue weighted by Gasteiger charge is -2.37. The number of carbonyl (C=O) groups excluding carboxylic acids is 2. The van der Waals surface area contributed by atoms with E-state index in [0.29, 0.717) is 11.3 Å². The van der Waals surface area contributed by atoms with Gasteiger partial charge >= 0.3 is 0 Å². The van der Waals surface area contributed by atoms with E-state index in [9.17, 15) is 9.59 Å². The van der Waals surface area contributed by atoms with Gasteiger partial charge in [-0.15, -0.1) is 0 Å². The van der Waals surface area contributed by atoms with Crippen LogP contribution >= 0.6 is 0 Å². The molecule has 2 amide bonds. The highest BCUT2D eigenvalue weighted by Crippen LogP contribution is 2.25. The van der Waals surface area contributed by atoms with E-state index in [-0.39, 0.29) is 17.7 Å². The van der Waals surface area contributed by atoms with E-state index in [1.807, 2.05) is 62.1 Å². The molecule has 1 saturated heterocycles. The van der Waals surface area contributed by atoms with Crippen molar-refractivity contribution in [2.24, 2.45) is 5.92 Å². The normalized spacial score (nSPS) is 14.1. The average molecular weight is 396 g/mol. The minimum absolute atomic E-state index is 0.0384. The van der Waals surface area contributed by atoms with E-state index in [1.165, 1.54) is 0 Å². The van der Waals surface area contributed by atoms with Gasteiger partial charge in [0.15, 0.2) is 0 Å². The van der Waals surface area contributed by atoms with Gasteiger partial charge in [-0.05, 0) is 42.8 Å². The molecule has 0 spiro atoms. The zero-order valence-corrected chi connectivity index (χ0v) is 17.6. The molecule has 29 heavy (non-hydrogen) atoms. The van der Waals surface area contributed by atoms with E-state index in [0.717, 1.165) is 43.1 Å². The van der Waals surface area contributed by atoms with Crippen LogP contribution in [0.5, 0.6) is 5.75 Å². The monoisotopic (exact) mass is 395 g/mol. The summed E-state index contributed by atoms with van der Waals surface area (Å²) in [5.74, 6) is 0.653. The lowest BCUT2D eigenvalue weighted by molar-refractivity contribution is -0.134. The fraction of sp³-hybridized carbons (Fsp3) is 0.391. The minimum atomic E-state index is -0.195. The van der Waals surface area contributed by atoms with Gasteiger partial charge in [0.25, 0.3) is 5.91 Å². The Morgan fingerprint density at radius 3 is 2.24 bits per heavy atom. The maximum Gasteiger partial charge on any atom is 0.259 e. The van der Waals surface area contributed by atoms with Crippen LogP contribution in [0.3, 0.4) is 0 Å². The molecular formula is C23H29N3O3. The number of aryl methyl sites for hydroxylation is 1. The number of benzene rings is 2. The van der Waals surface area contributed by atoms with Crippen LogP contribution in [0.25, 0.3) is 0 Å². The van der Waals surface area contributed by atoms with Crippen LogP contribution in [-0.2, 0) is 4.79 Å². The number of carbonyl (C=O) groups is 2. The topological polar surface area (TPSA) is 61.9 Å². The van der Waals surface area contributed by atoms with Crippen LogP contribution in [0.4, 0.5) is 11.4 Å². The van der Waals surface area contributed by atoms with Crippen molar-refractivity contribution in [3.63, 3.8) is 0 Å². The summed E-state index contributed by atoms with van der Waals surface area (Å²) in [6.07, 6.45) is 0. The summed E-state index contributed by atoms with van der Waals surface area (Å²) in [5.41, 5.74) is 3.26. The second-order valence-corrected chi connectivity index (χ2v) is 7.62. The zero-order chi connectivity index (χ0) is 21.0. The molecule has 0 saturated carbocycles. The summed E-state index contributed by atoms with van der Waals surface area (Å²) in [4.78, 5) is 29.0. The molecule has 1 N–H and O–H groups in total. The van der Waals surface area contributed by atoms with Crippen molar-refractivity contribution in [1.82, 2.24) is 4.90 Å². The number of rotatable bonds is 5. The predicted molar refractivity (Wildman–Crippen MR) is 116 cm³/mol. The van der Waals surface area contributed by atoms with Crippen molar-refractivity contribution >= 4 is 23.2 Å². The maximum atomic E-state index is 12.6. The Labute approximate surface area is 172 Å². The SMILES string of the molecule is COc1c(C)cccc1C(=O)Nc1ccc(N2CCN(C(=O)C(C)C)CC2)cc1. The highest BCUT2D eigenvalue weighted by Gasteiger charge is 2.23. The molecular weight excluding hydrogens is 366 g/mol. The van der Waals surface area contributed by atoms with Gasteiger partial charge in [-0.1, -0.05) is 26.0 Å². The lowest BCUT2D eigenvalue weighted by Crippen LogP contribution is -2.49. The number of piperazine rings is 1. The molecule has 0 aliphatic carbocycles. The Balaban J connectivity index is 1.62. The first-order chi connectivity index (χ1) is 13.9. The number of amides is 2. The van der Waals surface area contributed by atoms with Gasteiger partial charge in [-0.2, -0.15) is 0 Å². The van der Waals surface area contributed by atoms with Crippen LogP contribution in [-0.4, -0.2) is 50.0 Å². The van der Waals surface area contributed by atoms with Gasteiger partial charge in [0.2, 0.25) is 5.91 Å². The Morgan fingerprint density at radius 1 is 1.00 bits per heavy atom. The highest BCUT2D eigenvalue weighted by atomic mass is 16.5. The molecule has 6 nitrogen and oxygen atoms in total. The Kier molecular flexibility index (Phi) is 6.42. The fourth-order valence-corrected chi connectivity index (χ4v) is 3.61. The largest absolute Gasteiger partial charge is 0.496 e. The standard InChI is InChI=1S/C23H29N3O3/c1-16(2)23(28)26-14-12-25(13-15-26)19-10-8-18(9-11-19)24-22(27)20-7-5-6-17(3)21(20)29-4/h5-11,16H,12-15H2,1-4H3,(H,24,27).